The molecule has 3 heterocycles. The van der Waals surface area contributed by atoms with Gasteiger partial charge in [0.2, 0.25) is 5.78 Å². The molecule has 2 aromatic rings. The van der Waals surface area contributed by atoms with E-state index in [9.17, 15) is 14.4 Å². The zero-order valence-electron chi connectivity index (χ0n) is 15.5. The molecule has 4 rings (SSSR count). The summed E-state index contributed by atoms with van der Waals surface area (Å²) in [5.74, 6) is -2.28. The number of amides is 1. The van der Waals surface area contributed by atoms with Crippen molar-refractivity contribution in [1.29, 1.82) is 0 Å². The van der Waals surface area contributed by atoms with Gasteiger partial charge in [-0.15, -0.1) is 0 Å². The summed E-state index contributed by atoms with van der Waals surface area (Å²) in [6.45, 7) is 3.86. The third-order valence-corrected chi connectivity index (χ3v) is 5.34. The van der Waals surface area contributed by atoms with Gasteiger partial charge in [0.05, 0.1) is 19.5 Å². The van der Waals surface area contributed by atoms with Crippen LogP contribution in [0.2, 0.25) is 0 Å². The maximum Gasteiger partial charge on any atom is 0.291 e. The molecule has 0 aliphatic carbocycles. The molecule has 2 aliphatic rings. The Balaban J connectivity index is 1.61. The Morgan fingerprint density at radius 2 is 1.75 bits per heavy atom. The number of benzene rings is 1. The van der Waals surface area contributed by atoms with Crippen molar-refractivity contribution in [1.82, 2.24) is 9.80 Å². The summed E-state index contributed by atoms with van der Waals surface area (Å²) in [7, 11) is 0. The summed E-state index contributed by atoms with van der Waals surface area (Å²) in [6.07, 6.45) is 1.49. The van der Waals surface area contributed by atoms with Crippen LogP contribution in [0.25, 0.3) is 0 Å². The average Bonchev–Trinajstić information content (AvgIpc) is 3.35. The lowest BCUT2D eigenvalue weighted by Gasteiger charge is -2.30. The first-order valence-corrected chi connectivity index (χ1v) is 9.44. The molecule has 1 aromatic carbocycles. The first-order chi connectivity index (χ1) is 13.7. The number of ether oxygens (including phenoxy) is 1. The molecule has 146 valence electrons. The average molecular weight is 382 g/mol. The van der Waals surface area contributed by atoms with Crippen LogP contribution in [-0.2, 0) is 14.3 Å². The van der Waals surface area contributed by atoms with Gasteiger partial charge in [0, 0.05) is 31.7 Å². The summed E-state index contributed by atoms with van der Waals surface area (Å²) >= 11 is 0. The van der Waals surface area contributed by atoms with Gasteiger partial charge in [-0.2, -0.15) is 0 Å². The summed E-state index contributed by atoms with van der Waals surface area (Å²) in [5, 5.41) is 0. The highest BCUT2D eigenvalue weighted by atomic mass is 16.5. The van der Waals surface area contributed by atoms with Crippen LogP contribution in [0.5, 0.6) is 0 Å². The van der Waals surface area contributed by atoms with Gasteiger partial charge in [-0.1, -0.05) is 30.3 Å². The summed E-state index contributed by atoms with van der Waals surface area (Å²) in [6, 6.07) is 11.3. The van der Waals surface area contributed by atoms with Gasteiger partial charge in [-0.3, -0.25) is 19.3 Å². The zero-order chi connectivity index (χ0) is 19.5. The Hall–Kier alpha value is -2.77. The highest BCUT2D eigenvalue weighted by molar-refractivity contribution is 6.44. The van der Waals surface area contributed by atoms with Gasteiger partial charge in [-0.25, -0.2) is 0 Å². The second-order valence-corrected chi connectivity index (χ2v) is 6.99. The van der Waals surface area contributed by atoms with Crippen LogP contribution in [0.15, 0.2) is 53.1 Å². The quantitative estimate of drug-likeness (QED) is 0.429. The predicted octanol–water partition coefficient (Wildman–Crippen LogP) is 1.56. The molecule has 0 bridgehead atoms. The van der Waals surface area contributed by atoms with Crippen molar-refractivity contribution in [3.63, 3.8) is 0 Å². The van der Waals surface area contributed by atoms with Crippen molar-refractivity contribution >= 4 is 17.5 Å². The van der Waals surface area contributed by atoms with Crippen LogP contribution in [0.1, 0.15) is 22.2 Å². The van der Waals surface area contributed by atoms with E-state index in [0.29, 0.717) is 37.6 Å². The molecule has 7 heteroatoms. The van der Waals surface area contributed by atoms with Crippen molar-refractivity contribution in [2.45, 2.75) is 6.04 Å². The zero-order valence-corrected chi connectivity index (χ0v) is 15.5. The molecule has 0 spiro atoms. The number of ketones is 2. The van der Waals surface area contributed by atoms with E-state index in [2.05, 4.69) is 4.90 Å². The van der Waals surface area contributed by atoms with Gasteiger partial charge in [0.1, 0.15) is 17.7 Å². The molecule has 0 radical (unpaired) electrons. The SMILES string of the molecule is O=C1C(=O)N(CCN2CCOCC2)C(c2ccco2)C1C(=O)c1ccccc1. The fourth-order valence-corrected chi connectivity index (χ4v) is 3.86. The standard InChI is InChI=1S/C21H22N2O5/c24-19(15-5-2-1-3-6-15)17-18(16-7-4-12-28-16)23(21(26)20(17)25)9-8-22-10-13-27-14-11-22/h1-7,12,17-18H,8-11,13-14H2. The van der Waals surface area contributed by atoms with Crippen molar-refractivity contribution in [3.05, 3.63) is 60.1 Å². The summed E-state index contributed by atoms with van der Waals surface area (Å²) < 4.78 is 10.9. The highest BCUT2D eigenvalue weighted by Gasteiger charge is 2.52. The predicted molar refractivity (Wildman–Crippen MR) is 99.7 cm³/mol. The number of furan rings is 1. The number of hydrogen-bond donors (Lipinski definition) is 0. The normalized spacial score (nSPS) is 23.4. The molecule has 2 atom stereocenters. The molecule has 0 N–H and O–H groups in total. The molecule has 2 aliphatic heterocycles. The number of Topliss-reactive ketones (excluding diaryl/α,β-unsaturated/α-hetero) is 2. The Bertz CT molecular complexity index is 843. The van der Waals surface area contributed by atoms with Crippen LogP contribution in [0.4, 0.5) is 0 Å². The number of rotatable bonds is 6. The largest absolute Gasteiger partial charge is 0.467 e. The highest BCUT2D eigenvalue weighted by Crippen LogP contribution is 2.38. The molecule has 0 saturated carbocycles. The third-order valence-electron chi connectivity index (χ3n) is 5.34. The van der Waals surface area contributed by atoms with E-state index in [1.807, 2.05) is 0 Å². The van der Waals surface area contributed by atoms with Crippen LogP contribution < -0.4 is 0 Å². The van der Waals surface area contributed by atoms with Crippen LogP contribution in [0, 0.1) is 5.92 Å². The fourth-order valence-electron chi connectivity index (χ4n) is 3.86. The second kappa shape index (κ2) is 8.08. The van der Waals surface area contributed by atoms with Crippen molar-refractivity contribution in [2.75, 3.05) is 39.4 Å². The first kappa shape index (κ1) is 18.6. The van der Waals surface area contributed by atoms with Gasteiger partial charge >= 0.3 is 0 Å². The lowest BCUT2D eigenvalue weighted by atomic mass is 9.89. The molecule has 2 saturated heterocycles. The lowest BCUT2D eigenvalue weighted by Crippen LogP contribution is -2.42. The lowest BCUT2D eigenvalue weighted by molar-refractivity contribution is -0.141. The first-order valence-electron chi connectivity index (χ1n) is 9.44. The topological polar surface area (TPSA) is 80.1 Å². The fraction of sp³-hybridized carbons (Fsp3) is 0.381. The van der Waals surface area contributed by atoms with Gasteiger partial charge in [0.25, 0.3) is 5.91 Å². The molecule has 28 heavy (non-hydrogen) atoms. The maximum absolute atomic E-state index is 13.1. The minimum absolute atomic E-state index is 0.353. The number of morpholine rings is 1. The van der Waals surface area contributed by atoms with Crippen LogP contribution in [0.3, 0.4) is 0 Å². The molecule has 1 amide bonds. The molecule has 7 nitrogen and oxygen atoms in total. The Morgan fingerprint density at radius 1 is 1.00 bits per heavy atom. The summed E-state index contributed by atoms with van der Waals surface area (Å²) in [5.41, 5.74) is 0.417. The minimum Gasteiger partial charge on any atom is -0.467 e. The maximum atomic E-state index is 13.1. The molecule has 1 aromatic heterocycles. The van der Waals surface area contributed by atoms with E-state index in [4.69, 9.17) is 9.15 Å². The van der Waals surface area contributed by atoms with Crippen molar-refractivity contribution in [2.24, 2.45) is 5.92 Å². The number of hydrogen-bond acceptors (Lipinski definition) is 6. The minimum atomic E-state index is -1.09. The smallest absolute Gasteiger partial charge is 0.291 e. The van der Waals surface area contributed by atoms with E-state index < -0.39 is 23.7 Å². The second-order valence-electron chi connectivity index (χ2n) is 6.99. The number of nitrogens with zero attached hydrogens (tertiary/aromatic N) is 2. The summed E-state index contributed by atoms with van der Waals surface area (Å²) in [4.78, 5) is 42.3. The van der Waals surface area contributed by atoms with E-state index in [1.165, 1.54) is 11.2 Å². The van der Waals surface area contributed by atoms with Gasteiger partial charge < -0.3 is 14.1 Å². The third kappa shape index (κ3) is 3.50. The van der Waals surface area contributed by atoms with E-state index in [0.717, 1.165) is 13.1 Å². The van der Waals surface area contributed by atoms with E-state index in [-0.39, 0.29) is 5.78 Å². The molecular formula is C21H22N2O5. The Labute approximate surface area is 162 Å². The molecule has 2 fully saturated rings. The molecule has 2 unspecified atom stereocenters. The van der Waals surface area contributed by atoms with E-state index >= 15 is 0 Å². The van der Waals surface area contributed by atoms with Crippen molar-refractivity contribution < 1.29 is 23.5 Å². The van der Waals surface area contributed by atoms with Crippen LogP contribution >= 0.6 is 0 Å². The Kier molecular flexibility index (Phi) is 5.36. The van der Waals surface area contributed by atoms with Crippen molar-refractivity contribution in [3.8, 4) is 0 Å². The molecular weight excluding hydrogens is 360 g/mol. The number of likely N-dealkylation sites (tertiary alicyclic amines) is 1. The monoisotopic (exact) mass is 382 g/mol. The van der Waals surface area contributed by atoms with Gasteiger partial charge in [0.15, 0.2) is 5.78 Å². The number of carbonyl (C=O) groups excluding carboxylic acids is 3. The number of carbonyl (C=O) groups is 3. The van der Waals surface area contributed by atoms with Crippen LogP contribution in [-0.4, -0.2) is 66.7 Å². The van der Waals surface area contributed by atoms with E-state index in [1.54, 1.807) is 42.5 Å². The van der Waals surface area contributed by atoms with Gasteiger partial charge in [-0.05, 0) is 12.1 Å². The Morgan fingerprint density at radius 3 is 2.43 bits per heavy atom.